The summed E-state index contributed by atoms with van der Waals surface area (Å²) in [5, 5.41) is 6.00. The number of aromatic nitrogens is 4. The Labute approximate surface area is 376 Å². The van der Waals surface area contributed by atoms with Crippen molar-refractivity contribution in [3.63, 3.8) is 0 Å². The van der Waals surface area contributed by atoms with Crippen LogP contribution in [-0.4, -0.2) is 27.6 Å². The average molecular weight is 831 g/mol. The summed E-state index contributed by atoms with van der Waals surface area (Å²) in [4.78, 5) is 15.4. The van der Waals surface area contributed by atoms with Crippen LogP contribution in [0.25, 0.3) is 83.6 Å². The molecule has 0 atom stereocenters. The minimum atomic E-state index is -3.71. The van der Waals surface area contributed by atoms with Crippen LogP contribution in [0.4, 0.5) is 0 Å². The summed E-state index contributed by atoms with van der Waals surface area (Å²) < 4.78 is 85.2. The molecule has 0 spiro atoms. The average Bonchev–Trinajstić information content (AvgIpc) is 3.97. The summed E-state index contributed by atoms with van der Waals surface area (Å²) in [6, 6.07) is 54.7. The van der Waals surface area contributed by atoms with Gasteiger partial charge in [-0.25, -0.2) is 4.98 Å². The van der Waals surface area contributed by atoms with Gasteiger partial charge in [0.2, 0.25) is 5.95 Å². The van der Waals surface area contributed by atoms with E-state index in [9.17, 15) is 8.22 Å². The molecule has 5 nitrogen and oxygen atoms in total. The van der Waals surface area contributed by atoms with Crippen molar-refractivity contribution in [1.29, 1.82) is 0 Å². The monoisotopic (exact) mass is 830 g/mol. The van der Waals surface area contributed by atoms with Gasteiger partial charge in [0.15, 0.2) is 19.7 Å². The zero-order valence-corrected chi connectivity index (χ0v) is 34.5. The number of hydrogen-bond acceptors (Lipinski definition) is 4. The maximum atomic E-state index is 10.5. The number of fused-ring (bicyclic) bond motifs is 6. The van der Waals surface area contributed by atoms with Crippen LogP contribution in [-0.2, 0) is 0 Å². The van der Waals surface area contributed by atoms with E-state index in [4.69, 9.17) is 22.1 Å². The topological polar surface area (TPSA) is 56.7 Å². The molecule has 9 aromatic carbocycles. The molecule has 63 heavy (non-hydrogen) atoms. The van der Waals surface area contributed by atoms with Crippen molar-refractivity contribution in [2.24, 2.45) is 0 Å². The van der Waals surface area contributed by atoms with E-state index in [0.29, 0.717) is 22.1 Å². The maximum absolute atomic E-state index is 10.5. The van der Waals surface area contributed by atoms with Crippen LogP contribution in [0.2, 0.25) is 0 Å². The molecule has 0 aliphatic carbocycles. The molecular formula is C57H38N4OSi. The largest absolute Gasteiger partial charge is 0.456 e. The molecule has 296 valence electrons. The van der Waals surface area contributed by atoms with Crippen LogP contribution in [0.3, 0.4) is 0 Å². The summed E-state index contributed by atoms with van der Waals surface area (Å²) >= 11 is 0. The highest BCUT2D eigenvalue weighted by Gasteiger charge is 2.41. The third-order valence-corrected chi connectivity index (χ3v) is 16.4. The molecule has 12 rings (SSSR count). The lowest BCUT2D eigenvalue weighted by molar-refractivity contribution is 0.669. The predicted octanol–water partition coefficient (Wildman–Crippen LogP) is 11.2. The van der Waals surface area contributed by atoms with Crippen LogP contribution in [0.5, 0.6) is 0 Å². The Morgan fingerprint density at radius 2 is 0.952 bits per heavy atom. The molecule has 0 radical (unpaired) electrons. The number of furan rings is 1. The summed E-state index contributed by atoms with van der Waals surface area (Å²) in [6.45, 7) is 0. The van der Waals surface area contributed by atoms with Crippen LogP contribution in [0.15, 0.2) is 235 Å². The van der Waals surface area contributed by atoms with Crippen LogP contribution in [0.1, 0.15) is 11.0 Å². The highest BCUT2D eigenvalue weighted by Crippen LogP contribution is 2.40. The number of hydrogen-bond donors (Lipinski definition) is 0. The molecule has 0 saturated carbocycles. The van der Waals surface area contributed by atoms with Gasteiger partial charge in [-0.3, -0.25) is 4.57 Å². The number of nitrogens with zero attached hydrogens (tertiary/aromatic N) is 4. The van der Waals surface area contributed by atoms with Gasteiger partial charge in [-0.05, 0) is 56.1 Å². The molecule has 12 aromatic rings. The fraction of sp³-hybridized carbons (Fsp3) is 0. The standard InChI is InChI=1S/C57H38N4OSi/c1-4-21-40(22-5-1)63(41-23-6-2-7-24-41,42-25-8-3-9-26-42)43-27-18-20-39(38-43)55-58-56(60-57(59-55)61-50-34-15-12-29-45(50)46-30-13-16-35-51(46)61)48-31-11-10-28-44(48)47-33-19-37-53-54(47)49-32-14-17-36-52(49)62-53/h1-38H/i10D,11D,18D,20D,27D,28D,31D,38D. The molecule has 0 fully saturated rings. The lowest BCUT2D eigenvalue weighted by Crippen LogP contribution is -2.74. The van der Waals surface area contributed by atoms with Gasteiger partial charge in [0.1, 0.15) is 11.2 Å². The quantitative estimate of drug-likeness (QED) is 0.113. The van der Waals surface area contributed by atoms with E-state index >= 15 is 0 Å². The lowest BCUT2D eigenvalue weighted by atomic mass is 9.95. The van der Waals surface area contributed by atoms with E-state index in [0.717, 1.165) is 42.8 Å². The number of benzene rings is 9. The van der Waals surface area contributed by atoms with Crippen molar-refractivity contribution in [2.45, 2.75) is 0 Å². The van der Waals surface area contributed by atoms with Crippen LogP contribution < -0.4 is 20.7 Å². The highest BCUT2D eigenvalue weighted by molar-refractivity contribution is 7.19. The summed E-state index contributed by atoms with van der Waals surface area (Å²) in [5.41, 5.74) is 2.96. The van der Waals surface area contributed by atoms with E-state index in [1.54, 1.807) is 12.1 Å². The zero-order chi connectivity index (χ0) is 48.7. The SMILES string of the molecule is [2H]c1c([2H])c([2H])c(-c2cccc3oc4ccccc4c23)c(-c2nc(-c3c([2H])c([2H])c([2H])c([Si](c4ccccc4)(c4ccccc4)c4ccccc4)c3[2H])nc(-n3c4ccccc4c4ccccc43)n2)c1[2H]. The molecule has 0 aliphatic rings. The smallest absolute Gasteiger partial charge is 0.238 e. The number of para-hydroxylation sites is 3. The molecule has 3 heterocycles. The second-order valence-corrected chi connectivity index (χ2v) is 19.0. The van der Waals surface area contributed by atoms with E-state index in [2.05, 4.69) is 0 Å². The molecule has 0 unspecified atom stereocenters. The first-order valence-corrected chi connectivity index (χ1v) is 22.6. The minimum Gasteiger partial charge on any atom is -0.456 e. The van der Waals surface area contributed by atoms with Gasteiger partial charge in [0, 0.05) is 32.7 Å². The zero-order valence-electron chi connectivity index (χ0n) is 41.5. The van der Waals surface area contributed by atoms with Crippen molar-refractivity contribution in [1.82, 2.24) is 19.5 Å². The molecule has 0 saturated heterocycles. The third kappa shape index (κ3) is 5.95. The second kappa shape index (κ2) is 15.1. The minimum absolute atomic E-state index is 0.0393. The first-order valence-electron chi connectivity index (χ1n) is 24.6. The van der Waals surface area contributed by atoms with E-state index in [-0.39, 0.29) is 57.6 Å². The Bertz CT molecular complexity index is 3960. The Morgan fingerprint density at radius 3 is 1.60 bits per heavy atom. The van der Waals surface area contributed by atoms with Gasteiger partial charge in [0.05, 0.1) is 22.0 Å². The first kappa shape index (κ1) is 29.1. The normalized spacial score (nSPS) is 13.6. The van der Waals surface area contributed by atoms with Crippen molar-refractivity contribution < 1.29 is 15.4 Å². The Morgan fingerprint density at radius 1 is 0.413 bits per heavy atom. The summed E-state index contributed by atoms with van der Waals surface area (Å²) in [6.07, 6.45) is 0. The highest BCUT2D eigenvalue weighted by atomic mass is 28.3. The molecule has 6 heteroatoms. The Balaban J connectivity index is 1.24. The third-order valence-electron chi connectivity index (χ3n) is 11.8. The van der Waals surface area contributed by atoms with Crippen LogP contribution in [0, 0.1) is 0 Å². The van der Waals surface area contributed by atoms with Crippen molar-refractivity contribution >= 4 is 72.6 Å². The Kier molecular flexibility index (Phi) is 6.96. The van der Waals surface area contributed by atoms with Gasteiger partial charge in [0.25, 0.3) is 0 Å². The van der Waals surface area contributed by atoms with Gasteiger partial charge >= 0.3 is 0 Å². The van der Waals surface area contributed by atoms with Crippen molar-refractivity contribution in [3.8, 4) is 39.9 Å². The summed E-state index contributed by atoms with van der Waals surface area (Å²) in [7, 11) is -3.71. The molecule has 3 aromatic heterocycles. The lowest BCUT2D eigenvalue weighted by Gasteiger charge is -2.34. The van der Waals surface area contributed by atoms with Gasteiger partial charge in [-0.1, -0.05) is 206 Å². The van der Waals surface area contributed by atoms with E-state index in [1.807, 2.05) is 174 Å². The van der Waals surface area contributed by atoms with Crippen molar-refractivity contribution in [2.75, 3.05) is 0 Å². The Hall–Kier alpha value is -8.19. The van der Waals surface area contributed by atoms with Crippen LogP contribution >= 0.6 is 0 Å². The molecule has 0 aliphatic heterocycles. The first-order chi connectivity index (χ1) is 34.6. The molecular weight excluding hydrogens is 785 g/mol. The molecule has 0 amide bonds. The van der Waals surface area contributed by atoms with E-state index in [1.165, 1.54) is 0 Å². The molecule has 0 bridgehead atoms. The fourth-order valence-electron chi connectivity index (χ4n) is 9.13. The van der Waals surface area contributed by atoms with Gasteiger partial charge in [-0.15, -0.1) is 0 Å². The second-order valence-electron chi connectivity index (χ2n) is 15.3. The van der Waals surface area contributed by atoms with Crippen molar-refractivity contribution in [3.05, 3.63) is 230 Å². The maximum Gasteiger partial charge on any atom is 0.238 e. The number of rotatable bonds is 8. The predicted molar refractivity (Wildman–Crippen MR) is 261 cm³/mol. The van der Waals surface area contributed by atoms with E-state index < -0.39 is 38.3 Å². The van der Waals surface area contributed by atoms with Gasteiger partial charge in [-0.2, -0.15) is 9.97 Å². The van der Waals surface area contributed by atoms with Gasteiger partial charge < -0.3 is 4.42 Å². The summed E-state index contributed by atoms with van der Waals surface area (Å²) in [5.74, 6) is -0.288. The molecule has 0 N–H and O–H groups in total. The fourth-order valence-corrected chi connectivity index (χ4v) is 13.6.